The van der Waals surface area contributed by atoms with Crippen LogP contribution in [0.3, 0.4) is 0 Å². The van der Waals surface area contributed by atoms with E-state index in [9.17, 15) is 4.79 Å². The molecule has 1 aliphatic heterocycles. The highest BCUT2D eigenvalue weighted by Gasteiger charge is 2.14. The molecule has 1 fully saturated rings. The van der Waals surface area contributed by atoms with Gasteiger partial charge in [-0.1, -0.05) is 15.9 Å². The van der Waals surface area contributed by atoms with Crippen LogP contribution >= 0.6 is 15.9 Å². The number of hydrogen-bond acceptors (Lipinski definition) is 3. The molecule has 76 valence electrons. The van der Waals surface area contributed by atoms with E-state index in [1.54, 1.807) is 0 Å². The molecule has 0 aliphatic carbocycles. The Morgan fingerprint density at radius 2 is 2.38 bits per heavy atom. The van der Waals surface area contributed by atoms with Crippen LogP contribution in [0.15, 0.2) is 0 Å². The Labute approximate surface area is 86.1 Å². The molecule has 13 heavy (non-hydrogen) atoms. The SMILES string of the molecule is O=C(CCBr)NCC1COCCO1. The fraction of sp³-hybridized carbons (Fsp3) is 0.875. The Kier molecular flexibility index (Phi) is 5.34. The van der Waals surface area contributed by atoms with Gasteiger partial charge in [-0.2, -0.15) is 0 Å². The summed E-state index contributed by atoms with van der Waals surface area (Å²) < 4.78 is 10.5. The molecule has 1 rings (SSSR count). The minimum atomic E-state index is 0.0213. The molecule has 0 saturated carbocycles. The molecule has 0 aromatic carbocycles. The minimum absolute atomic E-state index is 0.0213. The van der Waals surface area contributed by atoms with E-state index < -0.39 is 0 Å². The minimum Gasteiger partial charge on any atom is -0.376 e. The standard InChI is InChI=1S/C8H14BrNO3/c9-2-1-8(11)10-5-7-6-12-3-4-13-7/h7H,1-6H2,(H,10,11). The first kappa shape index (κ1) is 10.9. The molecular weight excluding hydrogens is 238 g/mol. The van der Waals surface area contributed by atoms with Crippen LogP contribution in [0.4, 0.5) is 0 Å². The molecule has 4 nitrogen and oxygen atoms in total. The number of alkyl halides is 1. The lowest BCUT2D eigenvalue weighted by atomic mass is 10.3. The third-order valence-corrected chi connectivity index (χ3v) is 2.13. The third kappa shape index (κ3) is 4.59. The smallest absolute Gasteiger partial charge is 0.220 e. The normalized spacial score (nSPS) is 22.7. The van der Waals surface area contributed by atoms with E-state index >= 15 is 0 Å². The molecular formula is C8H14BrNO3. The van der Waals surface area contributed by atoms with E-state index in [1.165, 1.54) is 0 Å². The van der Waals surface area contributed by atoms with Gasteiger partial charge in [-0.25, -0.2) is 0 Å². The Morgan fingerprint density at radius 1 is 1.54 bits per heavy atom. The van der Waals surface area contributed by atoms with Gasteiger partial charge in [-0.05, 0) is 0 Å². The first-order valence-corrected chi connectivity index (χ1v) is 5.47. The number of hydrogen-bond donors (Lipinski definition) is 1. The van der Waals surface area contributed by atoms with Crippen molar-refractivity contribution in [3.8, 4) is 0 Å². The quantitative estimate of drug-likeness (QED) is 0.732. The number of carbonyl (C=O) groups is 1. The summed E-state index contributed by atoms with van der Waals surface area (Å²) >= 11 is 3.20. The van der Waals surface area contributed by atoms with Gasteiger partial charge in [0.1, 0.15) is 0 Å². The van der Waals surface area contributed by atoms with E-state index in [0.717, 1.165) is 0 Å². The van der Waals surface area contributed by atoms with E-state index in [-0.39, 0.29) is 12.0 Å². The van der Waals surface area contributed by atoms with Gasteiger partial charge in [0.25, 0.3) is 0 Å². The monoisotopic (exact) mass is 251 g/mol. The molecule has 0 bridgehead atoms. The topological polar surface area (TPSA) is 47.6 Å². The van der Waals surface area contributed by atoms with Crippen molar-refractivity contribution in [2.24, 2.45) is 0 Å². The fourth-order valence-corrected chi connectivity index (χ4v) is 1.42. The van der Waals surface area contributed by atoms with Gasteiger partial charge in [0, 0.05) is 18.3 Å². The van der Waals surface area contributed by atoms with Crippen molar-refractivity contribution in [1.82, 2.24) is 5.32 Å². The van der Waals surface area contributed by atoms with Crippen LogP contribution in [0.5, 0.6) is 0 Å². The first-order valence-electron chi connectivity index (χ1n) is 4.35. The number of rotatable bonds is 4. The molecule has 1 saturated heterocycles. The number of amides is 1. The summed E-state index contributed by atoms with van der Waals surface area (Å²) in [4.78, 5) is 11.0. The van der Waals surface area contributed by atoms with Gasteiger partial charge in [-0.15, -0.1) is 0 Å². The highest BCUT2D eigenvalue weighted by Crippen LogP contribution is 1.99. The molecule has 0 aromatic rings. The van der Waals surface area contributed by atoms with Crippen molar-refractivity contribution in [3.63, 3.8) is 0 Å². The second kappa shape index (κ2) is 6.34. The number of ether oxygens (including phenoxy) is 2. The van der Waals surface area contributed by atoms with Crippen LogP contribution in [0.1, 0.15) is 6.42 Å². The zero-order chi connectivity index (χ0) is 9.52. The fourth-order valence-electron chi connectivity index (χ4n) is 1.06. The van der Waals surface area contributed by atoms with Crippen molar-refractivity contribution in [3.05, 3.63) is 0 Å². The average Bonchev–Trinajstić information content (AvgIpc) is 2.17. The zero-order valence-corrected chi connectivity index (χ0v) is 9.01. The maximum atomic E-state index is 11.0. The Bertz CT molecular complexity index is 159. The van der Waals surface area contributed by atoms with Crippen LogP contribution < -0.4 is 5.32 Å². The molecule has 1 amide bonds. The molecule has 1 unspecified atom stereocenters. The van der Waals surface area contributed by atoms with Gasteiger partial charge in [0.2, 0.25) is 5.91 Å². The van der Waals surface area contributed by atoms with Crippen LogP contribution in [0, 0.1) is 0 Å². The second-order valence-electron chi connectivity index (χ2n) is 2.81. The van der Waals surface area contributed by atoms with E-state index in [1.807, 2.05) is 0 Å². The average molecular weight is 252 g/mol. The molecule has 1 aliphatic rings. The van der Waals surface area contributed by atoms with Crippen LogP contribution in [-0.2, 0) is 14.3 Å². The lowest BCUT2D eigenvalue weighted by molar-refractivity contribution is -0.123. The predicted octanol–water partition coefficient (Wildman–Crippen LogP) is 0.303. The summed E-state index contributed by atoms with van der Waals surface area (Å²) in [6.07, 6.45) is 0.529. The Balaban J connectivity index is 2.06. The van der Waals surface area contributed by atoms with Gasteiger partial charge in [-0.3, -0.25) is 4.79 Å². The van der Waals surface area contributed by atoms with Crippen LogP contribution in [-0.4, -0.2) is 43.7 Å². The highest BCUT2D eigenvalue weighted by molar-refractivity contribution is 9.09. The van der Waals surface area contributed by atoms with Crippen LogP contribution in [0.25, 0.3) is 0 Å². The molecule has 1 atom stereocenters. The van der Waals surface area contributed by atoms with E-state index in [4.69, 9.17) is 9.47 Å². The lowest BCUT2D eigenvalue weighted by Gasteiger charge is -2.22. The summed E-state index contributed by atoms with van der Waals surface area (Å²) in [5, 5.41) is 3.47. The van der Waals surface area contributed by atoms with Crippen molar-refractivity contribution >= 4 is 21.8 Å². The molecule has 0 aromatic heterocycles. The number of nitrogens with one attached hydrogen (secondary N) is 1. The highest BCUT2D eigenvalue weighted by atomic mass is 79.9. The summed E-state index contributed by atoms with van der Waals surface area (Å²) in [7, 11) is 0. The van der Waals surface area contributed by atoms with Gasteiger partial charge >= 0.3 is 0 Å². The maximum Gasteiger partial charge on any atom is 0.220 e. The summed E-state index contributed by atoms with van der Waals surface area (Å²) in [6.45, 7) is 2.41. The van der Waals surface area contributed by atoms with Crippen LogP contribution in [0.2, 0.25) is 0 Å². The van der Waals surface area contributed by atoms with Crippen molar-refractivity contribution in [2.45, 2.75) is 12.5 Å². The van der Waals surface area contributed by atoms with Crippen molar-refractivity contribution in [2.75, 3.05) is 31.7 Å². The first-order chi connectivity index (χ1) is 6.33. The van der Waals surface area contributed by atoms with E-state index in [2.05, 4.69) is 21.2 Å². The summed E-state index contributed by atoms with van der Waals surface area (Å²) in [5.74, 6) is 0.0473. The molecule has 1 heterocycles. The Hall–Kier alpha value is -0.130. The maximum absolute atomic E-state index is 11.0. The number of carbonyl (C=O) groups excluding carboxylic acids is 1. The summed E-state index contributed by atoms with van der Waals surface area (Å²) in [6, 6.07) is 0. The predicted molar refractivity (Wildman–Crippen MR) is 52.0 cm³/mol. The largest absolute Gasteiger partial charge is 0.376 e. The number of halogens is 1. The van der Waals surface area contributed by atoms with Gasteiger partial charge < -0.3 is 14.8 Å². The molecule has 0 spiro atoms. The van der Waals surface area contributed by atoms with E-state index in [0.29, 0.717) is 38.1 Å². The molecule has 5 heteroatoms. The zero-order valence-electron chi connectivity index (χ0n) is 7.42. The Morgan fingerprint density at radius 3 is 3.00 bits per heavy atom. The lowest BCUT2D eigenvalue weighted by Crippen LogP contribution is -2.39. The van der Waals surface area contributed by atoms with Crippen molar-refractivity contribution < 1.29 is 14.3 Å². The second-order valence-corrected chi connectivity index (χ2v) is 3.60. The van der Waals surface area contributed by atoms with Crippen molar-refractivity contribution in [1.29, 1.82) is 0 Å². The van der Waals surface area contributed by atoms with Gasteiger partial charge in [0.05, 0.1) is 25.9 Å². The molecule has 0 radical (unpaired) electrons. The van der Waals surface area contributed by atoms with Gasteiger partial charge in [0.15, 0.2) is 0 Å². The summed E-state index contributed by atoms with van der Waals surface area (Å²) in [5.41, 5.74) is 0. The molecule has 1 N–H and O–H groups in total. The third-order valence-electron chi connectivity index (χ3n) is 1.73.